The van der Waals surface area contributed by atoms with Crippen molar-refractivity contribution in [2.45, 2.75) is 6.92 Å². The molecule has 2 aromatic rings. The van der Waals surface area contributed by atoms with Crippen LogP contribution in [0.2, 0.25) is 0 Å². The van der Waals surface area contributed by atoms with Gasteiger partial charge in [0, 0.05) is 0 Å². The van der Waals surface area contributed by atoms with Crippen molar-refractivity contribution in [1.82, 2.24) is 0 Å². The summed E-state index contributed by atoms with van der Waals surface area (Å²) < 4.78 is 0. The summed E-state index contributed by atoms with van der Waals surface area (Å²) in [6.07, 6.45) is 2.13. The molecule has 0 heteroatoms. The van der Waals surface area contributed by atoms with Crippen molar-refractivity contribution in [2.75, 3.05) is 0 Å². The Kier molecular flexibility index (Phi) is 2.68. The van der Waals surface area contributed by atoms with Crippen molar-refractivity contribution in [2.24, 2.45) is 0 Å². The summed E-state index contributed by atoms with van der Waals surface area (Å²) in [4.78, 5) is 0. The van der Waals surface area contributed by atoms with E-state index in [-0.39, 0.29) is 0 Å². The van der Waals surface area contributed by atoms with Gasteiger partial charge >= 0.3 is 0 Å². The van der Waals surface area contributed by atoms with E-state index < -0.39 is 0 Å². The molecule has 0 aliphatic rings. The molecule has 0 aliphatic carbocycles. The van der Waals surface area contributed by atoms with E-state index in [1.54, 1.807) is 0 Å². The molecule has 0 nitrogen and oxygen atoms in total. The molecule has 0 amide bonds. The summed E-state index contributed by atoms with van der Waals surface area (Å²) in [5, 5.41) is 4.80. The zero-order chi connectivity index (χ0) is 10.7. The highest BCUT2D eigenvalue weighted by molar-refractivity contribution is 5.26. The average Bonchev–Trinajstić information content (AvgIpc) is 2.30. The van der Waals surface area contributed by atoms with Crippen LogP contribution >= 0.6 is 0 Å². The lowest BCUT2D eigenvalue weighted by Crippen LogP contribution is -2.07. The van der Waals surface area contributed by atoms with E-state index in [4.69, 9.17) is 0 Å². The summed E-state index contributed by atoms with van der Waals surface area (Å²) in [5.74, 6) is 0. The third-order valence-electron chi connectivity index (χ3n) is 2.58. The molecule has 2 aromatic carbocycles. The van der Waals surface area contributed by atoms with Gasteiger partial charge in [0.2, 0.25) is 0 Å². The van der Waals surface area contributed by atoms with Crippen LogP contribution in [0.15, 0.2) is 48.5 Å². The minimum Gasteiger partial charge on any atom is -0.0911 e. The third kappa shape index (κ3) is 1.84. The molecule has 0 saturated heterocycles. The Labute approximate surface area is 89.5 Å². The molecular weight excluding hydrogens is 180 g/mol. The van der Waals surface area contributed by atoms with Gasteiger partial charge in [-0.05, 0) is 27.8 Å². The molecule has 0 N–H and O–H groups in total. The fraction of sp³-hybridized carbons (Fsp3) is 0.0667. The average molecular weight is 194 g/mol. The quantitative estimate of drug-likeness (QED) is 0.603. The van der Waals surface area contributed by atoms with Crippen LogP contribution in [0.3, 0.4) is 0 Å². The predicted octanol–water partition coefficient (Wildman–Crippen LogP) is 2.18. The Balaban J connectivity index is 3.15. The number of hydrogen-bond donors (Lipinski definition) is 0. The zero-order valence-corrected chi connectivity index (χ0v) is 8.90. The lowest BCUT2D eigenvalue weighted by atomic mass is 10.1. The molecule has 0 heterocycles. The Morgan fingerprint density at radius 2 is 1.47 bits per heavy atom. The zero-order valence-electron chi connectivity index (χ0n) is 8.90. The van der Waals surface area contributed by atoms with Crippen molar-refractivity contribution >= 4 is 12.7 Å². The van der Waals surface area contributed by atoms with Crippen molar-refractivity contribution in [1.29, 1.82) is 0 Å². The molecular formula is C15H14. The van der Waals surface area contributed by atoms with Crippen LogP contribution in [0, 0.1) is 10.4 Å². The van der Waals surface area contributed by atoms with Crippen molar-refractivity contribution in [3.8, 4) is 0 Å². The Bertz CT molecular complexity index is 651. The van der Waals surface area contributed by atoms with E-state index in [1.165, 1.54) is 15.7 Å². The second kappa shape index (κ2) is 4.14. The van der Waals surface area contributed by atoms with Gasteiger partial charge in [-0.1, -0.05) is 61.2 Å². The van der Waals surface area contributed by atoms with E-state index in [9.17, 15) is 0 Å². The molecule has 74 valence electrons. The molecule has 0 radical (unpaired) electrons. The van der Waals surface area contributed by atoms with Gasteiger partial charge in [-0.25, -0.2) is 0 Å². The van der Waals surface area contributed by atoms with Crippen LogP contribution in [0.5, 0.6) is 0 Å². The molecule has 0 atom stereocenters. The highest BCUT2D eigenvalue weighted by Gasteiger charge is 1.86. The largest absolute Gasteiger partial charge is 0.0911 e. The summed E-state index contributed by atoms with van der Waals surface area (Å²) in [7, 11) is 0. The second-order valence-electron chi connectivity index (χ2n) is 3.53. The Morgan fingerprint density at radius 3 is 2.13 bits per heavy atom. The van der Waals surface area contributed by atoms with Gasteiger partial charge in [-0.3, -0.25) is 0 Å². The third-order valence-corrected chi connectivity index (χ3v) is 2.58. The summed E-state index contributed by atoms with van der Waals surface area (Å²) in [5.41, 5.74) is 0. The maximum absolute atomic E-state index is 4.06. The van der Waals surface area contributed by atoms with Crippen LogP contribution in [0.25, 0.3) is 12.7 Å². The molecule has 15 heavy (non-hydrogen) atoms. The van der Waals surface area contributed by atoms with E-state index in [0.29, 0.717) is 0 Å². The van der Waals surface area contributed by atoms with Crippen LogP contribution in [0.1, 0.15) is 6.92 Å². The normalized spacial score (nSPS) is 14.1. The van der Waals surface area contributed by atoms with Gasteiger partial charge in [0.15, 0.2) is 0 Å². The lowest BCUT2D eigenvalue weighted by Gasteiger charge is -1.92. The number of rotatable bonds is 0. The van der Waals surface area contributed by atoms with Crippen LogP contribution in [-0.4, -0.2) is 0 Å². The van der Waals surface area contributed by atoms with Crippen molar-refractivity contribution in [3.05, 3.63) is 69.4 Å². The molecule has 2 rings (SSSR count). The second-order valence-corrected chi connectivity index (χ2v) is 3.53. The summed E-state index contributed by atoms with van der Waals surface area (Å²) in [6, 6.07) is 16.6. The highest BCUT2D eigenvalue weighted by Crippen LogP contribution is 1.88. The van der Waals surface area contributed by atoms with Gasteiger partial charge in [0.25, 0.3) is 0 Å². The van der Waals surface area contributed by atoms with Gasteiger partial charge in [0.1, 0.15) is 0 Å². The van der Waals surface area contributed by atoms with Crippen LogP contribution < -0.4 is 10.4 Å². The first-order chi connectivity index (χ1) is 7.33. The molecule has 0 saturated carbocycles. The van der Waals surface area contributed by atoms with Crippen LogP contribution in [0.4, 0.5) is 0 Å². The van der Waals surface area contributed by atoms with Gasteiger partial charge in [-0.15, -0.1) is 0 Å². The SMILES string of the molecule is C=c1cccc/c1=c1\ccccc1=CC. The van der Waals surface area contributed by atoms with Gasteiger partial charge < -0.3 is 0 Å². The van der Waals surface area contributed by atoms with Gasteiger partial charge in [0.05, 0.1) is 0 Å². The number of benzene rings is 2. The standard InChI is InChI=1S/C15H14/c1-3-13-9-5-7-11-15(13)14-10-6-4-8-12(14)2/h3-11H,2H2,1H3/b13-3?,15-14-. The fourth-order valence-corrected chi connectivity index (χ4v) is 1.78. The van der Waals surface area contributed by atoms with E-state index >= 15 is 0 Å². The first-order valence-electron chi connectivity index (χ1n) is 5.12. The fourth-order valence-electron chi connectivity index (χ4n) is 1.78. The molecule has 0 aliphatic heterocycles. The molecule has 0 aromatic heterocycles. The molecule has 0 spiro atoms. The Hall–Kier alpha value is -1.82. The minimum atomic E-state index is 1.08. The lowest BCUT2D eigenvalue weighted by molar-refractivity contribution is 1.40. The maximum Gasteiger partial charge on any atom is -0.0109 e. The summed E-state index contributed by atoms with van der Waals surface area (Å²) >= 11 is 0. The number of hydrogen-bond acceptors (Lipinski definition) is 0. The maximum atomic E-state index is 4.06. The summed E-state index contributed by atoms with van der Waals surface area (Å²) in [6.45, 7) is 6.12. The van der Waals surface area contributed by atoms with E-state index in [0.717, 1.165) is 5.22 Å². The Morgan fingerprint density at radius 1 is 0.867 bits per heavy atom. The first-order valence-corrected chi connectivity index (χ1v) is 5.12. The van der Waals surface area contributed by atoms with E-state index in [1.807, 2.05) is 12.1 Å². The van der Waals surface area contributed by atoms with E-state index in [2.05, 4.69) is 56.0 Å². The molecule has 0 bridgehead atoms. The predicted molar refractivity (Wildman–Crippen MR) is 65.5 cm³/mol. The monoisotopic (exact) mass is 194 g/mol. The van der Waals surface area contributed by atoms with Gasteiger partial charge in [-0.2, -0.15) is 0 Å². The minimum absolute atomic E-state index is 1.08. The smallest absolute Gasteiger partial charge is 0.0109 e. The molecule has 0 fully saturated rings. The van der Waals surface area contributed by atoms with Crippen molar-refractivity contribution < 1.29 is 0 Å². The van der Waals surface area contributed by atoms with Crippen LogP contribution in [-0.2, 0) is 0 Å². The van der Waals surface area contributed by atoms with Crippen molar-refractivity contribution in [3.63, 3.8) is 0 Å². The topological polar surface area (TPSA) is 0 Å². The first kappa shape index (κ1) is 9.72. The highest BCUT2D eigenvalue weighted by atomic mass is 13.9. The molecule has 0 unspecified atom stereocenters.